The molecule has 28 heavy (non-hydrogen) atoms. The molecular weight excluding hydrogens is 392 g/mol. The summed E-state index contributed by atoms with van der Waals surface area (Å²) < 4.78 is 16.2. The Balaban J connectivity index is 1.74. The van der Waals surface area contributed by atoms with E-state index in [0.717, 1.165) is 0 Å². The third kappa shape index (κ3) is 3.14. The predicted octanol–water partition coefficient (Wildman–Crippen LogP) is 0.778. The Bertz CT molecular complexity index is 1080. The van der Waals surface area contributed by atoms with Crippen LogP contribution in [-0.4, -0.2) is 57.7 Å². The maximum Gasteiger partial charge on any atom is 0.344 e. The smallest absolute Gasteiger partial charge is 0.344 e. The molecular formula is C19H17ClO8. The molecule has 0 radical (unpaired) electrons. The van der Waals surface area contributed by atoms with Crippen molar-refractivity contribution in [2.24, 2.45) is 0 Å². The monoisotopic (exact) mass is 408 g/mol. The van der Waals surface area contributed by atoms with Gasteiger partial charge in [0.2, 0.25) is 6.29 Å². The van der Waals surface area contributed by atoms with Gasteiger partial charge in [-0.3, -0.25) is 0 Å². The van der Waals surface area contributed by atoms with Crippen molar-refractivity contribution < 1.29 is 34.3 Å². The Kier molecular flexibility index (Phi) is 5.00. The van der Waals surface area contributed by atoms with Gasteiger partial charge in [0.25, 0.3) is 0 Å². The number of rotatable bonds is 3. The summed E-state index contributed by atoms with van der Waals surface area (Å²) in [6.07, 6.45) is -7.13. The quantitative estimate of drug-likeness (QED) is 0.369. The van der Waals surface area contributed by atoms with Crippen LogP contribution in [0.2, 0.25) is 5.02 Å². The van der Waals surface area contributed by atoms with Crippen molar-refractivity contribution in [1.82, 2.24) is 0 Å². The lowest BCUT2D eigenvalue weighted by molar-refractivity contribution is -0.277. The van der Waals surface area contributed by atoms with Crippen LogP contribution in [0.15, 0.2) is 45.6 Å². The first-order valence-corrected chi connectivity index (χ1v) is 8.91. The van der Waals surface area contributed by atoms with Crippen LogP contribution in [0, 0.1) is 0 Å². The third-order valence-electron chi connectivity index (χ3n) is 4.75. The third-order valence-corrected chi connectivity index (χ3v) is 5.05. The van der Waals surface area contributed by atoms with E-state index in [2.05, 4.69) is 0 Å². The molecule has 9 heteroatoms. The molecule has 0 saturated carbocycles. The summed E-state index contributed by atoms with van der Waals surface area (Å²) in [4.78, 5) is 12.2. The van der Waals surface area contributed by atoms with Crippen molar-refractivity contribution in [3.8, 4) is 5.75 Å². The Labute approximate surface area is 163 Å². The van der Waals surface area contributed by atoms with Crippen molar-refractivity contribution in [2.45, 2.75) is 30.7 Å². The van der Waals surface area contributed by atoms with Crippen molar-refractivity contribution >= 4 is 33.3 Å². The molecule has 1 saturated heterocycles. The molecule has 2 heterocycles. The average Bonchev–Trinajstić information content (AvgIpc) is 2.68. The molecule has 148 valence electrons. The van der Waals surface area contributed by atoms with Gasteiger partial charge in [0.05, 0.1) is 17.0 Å². The number of hydrogen-bond acceptors (Lipinski definition) is 8. The Morgan fingerprint density at radius 1 is 1.04 bits per heavy atom. The van der Waals surface area contributed by atoms with Gasteiger partial charge < -0.3 is 34.3 Å². The summed E-state index contributed by atoms with van der Waals surface area (Å²) in [5.41, 5.74) is -0.361. The summed E-state index contributed by atoms with van der Waals surface area (Å²) in [6.45, 7) is -0.579. The number of benzene rings is 2. The molecule has 1 aliphatic heterocycles. The molecule has 4 rings (SSSR count). The minimum Gasteiger partial charge on any atom is -0.462 e. The summed E-state index contributed by atoms with van der Waals surface area (Å²) in [5, 5.41) is 40.9. The van der Waals surface area contributed by atoms with Gasteiger partial charge in [-0.05, 0) is 12.1 Å². The fraction of sp³-hybridized carbons (Fsp3) is 0.316. The number of aliphatic hydroxyl groups is 4. The standard InChI is InChI=1S/C19H17ClO8/c20-11-5-8(26-19-17(24)16(23)15(22)13(7-21)28-19)6-12-14(11)9-3-1-2-4-10(9)18(25)27-12/h1-6,13,15-17,19,21-24H,7H2/t13-,15-,16+,17-,19-/m1/s1. The second-order valence-corrected chi connectivity index (χ2v) is 6.94. The molecule has 0 aliphatic carbocycles. The molecule has 1 aromatic heterocycles. The first kappa shape index (κ1) is 19.1. The fourth-order valence-electron chi connectivity index (χ4n) is 3.30. The van der Waals surface area contributed by atoms with Crippen LogP contribution in [0.1, 0.15) is 0 Å². The van der Waals surface area contributed by atoms with Crippen LogP contribution in [0.3, 0.4) is 0 Å². The lowest BCUT2D eigenvalue weighted by Crippen LogP contribution is -2.60. The molecule has 0 spiro atoms. The topological polar surface area (TPSA) is 130 Å². The maximum absolute atomic E-state index is 12.2. The van der Waals surface area contributed by atoms with Gasteiger partial charge >= 0.3 is 5.63 Å². The fourth-order valence-corrected chi connectivity index (χ4v) is 3.60. The van der Waals surface area contributed by atoms with Crippen molar-refractivity contribution in [2.75, 3.05) is 6.61 Å². The van der Waals surface area contributed by atoms with E-state index in [1.54, 1.807) is 24.3 Å². The van der Waals surface area contributed by atoms with Crippen LogP contribution >= 0.6 is 11.6 Å². The van der Waals surface area contributed by atoms with Gasteiger partial charge in [-0.2, -0.15) is 0 Å². The van der Waals surface area contributed by atoms with Crippen molar-refractivity contribution in [3.63, 3.8) is 0 Å². The zero-order valence-electron chi connectivity index (χ0n) is 14.4. The highest BCUT2D eigenvalue weighted by Crippen LogP contribution is 2.34. The summed E-state index contributed by atoms with van der Waals surface area (Å²) in [6, 6.07) is 9.74. The van der Waals surface area contributed by atoms with E-state index in [9.17, 15) is 25.2 Å². The minimum atomic E-state index is -1.58. The summed E-state index contributed by atoms with van der Waals surface area (Å²) in [5.74, 6) is 0.111. The molecule has 5 atom stereocenters. The van der Waals surface area contributed by atoms with Gasteiger partial charge in [0, 0.05) is 16.8 Å². The van der Waals surface area contributed by atoms with E-state index in [1.807, 2.05) is 0 Å². The van der Waals surface area contributed by atoms with E-state index in [1.165, 1.54) is 12.1 Å². The molecule has 3 aromatic rings. The highest BCUT2D eigenvalue weighted by atomic mass is 35.5. The van der Waals surface area contributed by atoms with E-state index in [4.69, 9.17) is 25.5 Å². The maximum atomic E-state index is 12.2. The molecule has 8 nitrogen and oxygen atoms in total. The van der Waals surface area contributed by atoms with Crippen LogP contribution in [0.5, 0.6) is 5.75 Å². The summed E-state index contributed by atoms with van der Waals surface area (Å²) in [7, 11) is 0. The van der Waals surface area contributed by atoms with E-state index < -0.39 is 42.9 Å². The van der Waals surface area contributed by atoms with Gasteiger partial charge in [-0.1, -0.05) is 29.8 Å². The second kappa shape index (κ2) is 7.32. The molecule has 4 N–H and O–H groups in total. The van der Waals surface area contributed by atoms with Crippen molar-refractivity contribution in [1.29, 1.82) is 0 Å². The van der Waals surface area contributed by atoms with Crippen LogP contribution in [-0.2, 0) is 4.74 Å². The lowest BCUT2D eigenvalue weighted by Gasteiger charge is -2.39. The van der Waals surface area contributed by atoms with E-state index in [0.29, 0.717) is 16.2 Å². The SMILES string of the molecule is O=c1oc2cc(O[C@@H]3O[C@H](CO)[C@@H](O)[C@H](O)[C@H]3O)cc(Cl)c2c2ccccc12. The molecule has 1 aliphatic rings. The first-order chi connectivity index (χ1) is 13.4. The van der Waals surface area contributed by atoms with Gasteiger partial charge in [-0.15, -0.1) is 0 Å². The average molecular weight is 409 g/mol. The summed E-state index contributed by atoms with van der Waals surface area (Å²) >= 11 is 6.38. The molecule has 1 fully saturated rings. The molecule has 0 unspecified atom stereocenters. The van der Waals surface area contributed by atoms with Gasteiger partial charge in [0.1, 0.15) is 35.7 Å². The van der Waals surface area contributed by atoms with Crippen molar-refractivity contribution in [3.05, 3.63) is 51.8 Å². The lowest BCUT2D eigenvalue weighted by atomic mass is 9.99. The number of ether oxygens (including phenoxy) is 2. The minimum absolute atomic E-state index is 0.111. The zero-order chi connectivity index (χ0) is 20.0. The highest BCUT2D eigenvalue weighted by Gasteiger charge is 2.44. The Morgan fingerprint density at radius 3 is 2.46 bits per heavy atom. The largest absolute Gasteiger partial charge is 0.462 e. The Morgan fingerprint density at radius 2 is 1.75 bits per heavy atom. The van der Waals surface area contributed by atoms with E-state index in [-0.39, 0.29) is 16.4 Å². The van der Waals surface area contributed by atoms with Crippen LogP contribution in [0.25, 0.3) is 21.7 Å². The molecule has 2 aromatic carbocycles. The number of halogens is 1. The van der Waals surface area contributed by atoms with Crippen LogP contribution < -0.4 is 10.4 Å². The molecule has 0 bridgehead atoms. The van der Waals surface area contributed by atoms with Gasteiger partial charge in [-0.25, -0.2) is 4.79 Å². The first-order valence-electron chi connectivity index (χ1n) is 8.53. The van der Waals surface area contributed by atoms with E-state index >= 15 is 0 Å². The highest BCUT2D eigenvalue weighted by molar-refractivity contribution is 6.37. The molecule has 0 amide bonds. The Hall–Kier alpha value is -2.20. The predicted molar refractivity (Wildman–Crippen MR) is 99.4 cm³/mol. The normalized spacial score (nSPS) is 28.0. The zero-order valence-corrected chi connectivity index (χ0v) is 15.1. The number of aliphatic hydroxyl groups excluding tert-OH is 4. The van der Waals surface area contributed by atoms with Gasteiger partial charge in [0.15, 0.2) is 0 Å². The van der Waals surface area contributed by atoms with Crippen LogP contribution in [0.4, 0.5) is 0 Å². The second-order valence-electron chi connectivity index (χ2n) is 6.53. The number of fused-ring (bicyclic) bond motifs is 3. The number of hydrogen-bond donors (Lipinski definition) is 4.